The lowest BCUT2D eigenvalue weighted by Gasteiger charge is -2.19. The van der Waals surface area contributed by atoms with Crippen LogP contribution in [0.2, 0.25) is 0 Å². The predicted octanol–water partition coefficient (Wildman–Crippen LogP) is 2.06. The summed E-state index contributed by atoms with van der Waals surface area (Å²) in [6, 6.07) is 5.00. The number of rotatable bonds is 7. The largest absolute Gasteiger partial charge is 0.391 e. The highest BCUT2D eigenvalue weighted by Crippen LogP contribution is 2.29. The summed E-state index contributed by atoms with van der Waals surface area (Å²) < 4.78 is 8.55. The number of amides is 1. The zero-order valence-corrected chi connectivity index (χ0v) is 19.9. The van der Waals surface area contributed by atoms with E-state index in [9.17, 15) is 14.7 Å². The number of nitrogens with zero attached hydrogens (tertiary/aromatic N) is 4. The van der Waals surface area contributed by atoms with E-state index < -0.39 is 6.10 Å². The lowest BCUT2D eigenvalue weighted by atomic mass is 10.2. The molecule has 2 aliphatic carbocycles. The van der Waals surface area contributed by atoms with E-state index in [0.29, 0.717) is 35.0 Å². The number of hydrogen-bond acceptors (Lipinski definition) is 8. The van der Waals surface area contributed by atoms with Gasteiger partial charge < -0.3 is 30.4 Å². The molecule has 35 heavy (non-hydrogen) atoms. The van der Waals surface area contributed by atoms with Crippen LogP contribution < -0.4 is 21.5 Å². The summed E-state index contributed by atoms with van der Waals surface area (Å²) in [6.45, 7) is 0. The van der Waals surface area contributed by atoms with Gasteiger partial charge in [0.05, 0.1) is 24.4 Å². The Bertz CT molecular complexity index is 1290. The number of methoxy groups -OCH3 is 1. The van der Waals surface area contributed by atoms with Crippen LogP contribution in [0.25, 0.3) is 5.65 Å². The summed E-state index contributed by atoms with van der Waals surface area (Å²) in [6.07, 6.45) is 7.74. The number of aliphatic hydroxyl groups is 1. The lowest BCUT2D eigenvalue weighted by molar-refractivity contribution is 0.0916. The molecule has 0 spiro atoms. The number of pyridine rings is 1. The topological polar surface area (TPSA) is 135 Å². The molecule has 2 fully saturated rings. The Hall–Kier alpha value is -3.44. The van der Waals surface area contributed by atoms with Crippen LogP contribution >= 0.6 is 0 Å². The molecule has 3 heterocycles. The summed E-state index contributed by atoms with van der Waals surface area (Å²) in [4.78, 5) is 30.8. The smallest absolute Gasteiger partial charge is 0.274 e. The summed E-state index contributed by atoms with van der Waals surface area (Å²) in [5.74, 6) is 0.767. The molecule has 0 radical (unpaired) electrons. The fraction of sp³-hybridized carbons (Fsp3) is 0.500. The Balaban J connectivity index is 1.44. The molecule has 0 saturated heterocycles. The number of aromatic nitrogens is 4. The number of anilines is 3. The molecule has 0 unspecified atom stereocenters. The molecule has 11 heteroatoms. The lowest BCUT2D eigenvalue weighted by Crippen LogP contribution is -2.33. The van der Waals surface area contributed by atoms with Crippen LogP contribution in [0.15, 0.2) is 35.4 Å². The molecule has 0 aromatic carbocycles. The van der Waals surface area contributed by atoms with E-state index in [-0.39, 0.29) is 29.7 Å². The molecule has 3 aromatic rings. The second-order valence-electron chi connectivity index (χ2n) is 9.24. The number of ether oxygens (including phenoxy) is 1. The Labute approximate surface area is 202 Å². The molecule has 11 nitrogen and oxygen atoms in total. The highest BCUT2D eigenvalue weighted by molar-refractivity contribution is 6.00. The maximum atomic E-state index is 13.1. The Kier molecular flexibility index (Phi) is 6.44. The zero-order chi connectivity index (χ0) is 24.5. The minimum Gasteiger partial charge on any atom is -0.391 e. The minimum atomic E-state index is -0.528. The first-order valence-electron chi connectivity index (χ1n) is 12.0. The van der Waals surface area contributed by atoms with E-state index in [1.807, 2.05) is 0 Å². The number of nitrogens with one attached hydrogen (secondary N) is 3. The van der Waals surface area contributed by atoms with E-state index in [1.54, 1.807) is 47.6 Å². The standard InChI is InChI=1S/C24H31N7O4/c1-25-21-12-20(28-17-5-4-10-30(24(17)34)18-6-3-7-19(18)32)29-22-16(13-26-31(21)22)23(33)27-14-8-9-15(11-14)35-2/h4-5,10,12-15,18-19,25,32H,3,6-9,11H2,1-2H3,(H,27,33)(H,28,29)/t14-,15-,18-,19+/m0/s1. The van der Waals surface area contributed by atoms with Gasteiger partial charge in [0.15, 0.2) is 5.65 Å². The molecule has 0 bridgehead atoms. The fourth-order valence-corrected chi connectivity index (χ4v) is 5.16. The molecular formula is C24H31N7O4. The van der Waals surface area contributed by atoms with Crippen LogP contribution in [0.3, 0.4) is 0 Å². The van der Waals surface area contributed by atoms with Crippen LogP contribution in [0.1, 0.15) is 54.9 Å². The van der Waals surface area contributed by atoms with Gasteiger partial charge >= 0.3 is 0 Å². The van der Waals surface area contributed by atoms with Crippen molar-refractivity contribution >= 4 is 28.9 Å². The summed E-state index contributed by atoms with van der Waals surface area (Å²) in [7, 11) is 3.44. The van der Waals surface area contributed by atoms with Crippen LogP contribution in [-0.4, -0.2) is 62.6 Å². The second kappa shape index (κ2) is 9.67. The van der Waals surface area contributed by atoms with Gasteiger partial charge in [0.25, 0.3) is 11.5 Å². The van der Waals surface area contributed by atoms with Crippen molar-refractivity contribution in [2.75, 3.05) is 24.8 Å². The Morgan fingerprint density at radius 2 is 2.11 bits per heavy atom. The monoisotopic (exact) mass is 481 g/mol. The molecule has 3 aromatic heterocycles. The van der Waals surface area contributed by atoms with Crippen molar-refractivity contribution < 1.29 is 14.6 Å². The molecule has 5 rings (SSSR count). The zero-order valence-electron chi connectivity index (χ0n) is 19.9. The van der Waals surface area contributed by atoms with Gasteiger partial charge in [-0.3, -0.25) is 9.59 Å². The quantitative estimate of drug-likeness (QED) is 0.403. The molecule has 1 amide bonds. The summed E-state index contributed by atoms with van der Waals surface area (Å²) in [5, 5.41) is 23.8. The third-order valence-corrected chi connectivity index (χ3v) is 7.06. The number of carbonyl (C=O) groups is 1. The van der Waals surface area contributed by atoms with Crippen molar-refractivity contribution in [3.8, 4) is 0 Å². The molecule has 0 aliphatic heterocycles. The summed E-state index contributed by atoms with van der Waals surface area (Å²) >= 11 is 0. The molecule has 2 aliphatic rings. The number of hydrogen-bond donors (Lipinski definition) is 4. The minimum absolute atomic E-state index is 0.0428. The third kappa shape index (κ3) is 4.48. The van der Waals surface area contributed by atoms with Crippen LogP contribution in [-0.2, 0) is 4.74 Å². The van der Waals surface area contributed by atoms with Crippen molar-refractivity contribution in [1.82, 2.24) is 24.5 Å². The molecule has 186 valence electrons. The average Bonchev–Trinajstić information content (AvgIpc) is 3.59. The van der Waals surface area contributed by atoms with Crippen LogP contribution in [0.4, 0.5) is 17.3 Å². The first-order valence-corrected chi connectivity index (χ1v) is 12.0. The van der Waals surface area contributed by atoms with E-state index in [1.165, 1.54) is 6.20 Å². The van der Waals surface area contributed by atoms with Gasteiger partial charge in [-0.2, -0.15) is 9.61 Å². The van der Waals surface area contributed by atoms with Gasteiger partial charge in [-0.05, 0) is 50.7 Å². The van der Waals surface area contributed by atoms with Crippen molar-refractivity contribution in [1.29, 1.82) is 0 Å². The normalized spacial score (nSPS) is 24.1. The van der Waals surface area contributed by atoms with Crippen molar-refractivity contribution in [2.24, 2.45) is 0 Å². The van der Waals surface area contributed by atoms with E-state index >= 15 is 0 Å². The average molecular weight is 482 g/mol. The Morgan fingerprint density at radius 1 is 1.26 bits per heavy atom. The number of carbonyl (C=O) groups excluding carboxylic acids is 1. The van der Waals surface area contributed by atoms with Crippen molar-refractivity contribution in [3.05, 3.63) is 46.5 Å². The van der Waals surface area contributed by atoms with Crippen LogP contribution in [0, 0.1) is 0 Å². The number of aliphatic hydroxyl groups excluding tert-OH is 1. The number of fused-ring (bicyclic) bond motifs is 1. The van der Waals surface area contributed by atoms with E-state index in [0.717, 1.165) is 32.1 Å². The predicted molar refractivity (Wildman–Crippen MR) is 131 cm³/mol. The molecule has 2 saturated carbocycles. The van der Waals surface area contributed by atoms with E-state index in [4.69, 9.17) is 4.74 Å². The fourth-order valence-electron chi connectivity index (χ4n) is 5.16. The van der Waals surface area contributed by atoms with Gasteiger partial charge in [-0.1, -0.05) is 0 Å². The highest BCUT2D eigenvalue weighted by atomic mass is 16.5. The van der Waals surface area contributed by atoms with Crippen molar-refractivity contribution in [3.63, 3.8) is 0 Å². The van der Waals surface area contributed by atoms with Gasteiger partial charge in [-0.15, -0.1) is 0 Å². The Morgan fingerprint density at radius 3 is 2.83 bits per heavy atom. The maximum Gasteiger partial charge on any atom is 0.274 e. The van der Waals surface area contributed by atoms with Gasteiger partial charge in [-0.25, -0.2) is 4.98 Å². The second-order valence-corrected chi connectivity index (χ2v) is 9.24. The first-order chi connectivity index (χ1) is 17.0. The molecule has 4 N–H and O–H groups in total. The van der Waals surface area contributed by atoms with Crippen molar-refractivity contribution in [2.45, 2.75) is 62.8 Å². The van der Waals surface area contributed by atoms with Crippen LogP contribution in [0.5, 0.6) is 0 Å². The van der Waals surface area contributed by atoms with Gasteiger partial charge in [0.1, 0.15) is 22.9 Å². The van der Waals surface area contributed by atoms with Gasteiger partial charge in [0, 0.05) is 32.5 Å². The maximum absolute atomic E-state index is 13.1. The third-order valence-electron chi connectivity index (χ3n) is 7.06. The van der Waals surface area contributed by atoms with Gasteiger partial charge in [0.2, 0.25) is 0 Å². The van der Waals surface area contributed by atoms with E-state index in [2.05, 4.69) is 26.0 Å². The first kappa shape index (κ1) is 23.3. The summed E-state index contributed by atoms with van der Waals surface area (Å²) in [5.41, 5.74) is 0.838. The SMILES string of the molecule is CNc1cc(Nc2cccn([C@H]3CCC[C@H]3O)c2=O)nc2c(C(=O)N[C@H]3CC[C@H](OC)C3)cnn12. The molecular weight excluding hydrogens is 450 g/mol. The molecule has 4 atom stereocenters. The highest BCUT2D eigenvalue weighted by Gasteiger charge is 2.29.